The standard InChI is InChI=1S/C24H27N5O3S/c1-16-13-21(32-3)10-7-18(16)5-6-19-14-26-24(29-23(19)27-17(2)15-30)28-20-8-11-22(12-9-20)33(4,25)31/h7-14,17,25,30H,15H2,1-4H3,(H2,26,27,28,29)/t17-,33?/m1/s1. The van der Waals surface area contributed by atoms with Crippen molar-refractivity contribution in [2.24, 2.45) is 0 Å². The van der Waals surface area contributed by atoms with E-state index in [1.807, 2.05) is 32.0 Å². The van der Waals surface area contributed by atoms with E-state index in [1.54, 1.807) is 37.6 Å². The van der Waals surface area contributed by atoms with Gasteiger partial charge in [0.1, 0.15) is 11.6 Å². The number of aryl methyl sites for hydroxylation is 1. The molecule has 3 rings (SSSR count). The van der Waals surface area contributed by atoms with E-state index >= 15 is 0 Å². The van der Waals surface area contributed by atoms with Crippen molar-refractivity contribution in [1.29, 1.82) is 4.78 Å². The summed E-state index contributed by atoms with van der Waals surface area (Å²) in [6.07, 6.45) is 3.00. The molecule has 1 unspecified atom stereocenters. The Morgan fingerprint density at radius 3 is 2.48 bits per heavy atom. The van der Waals surface area contributed by atoms with Crippen LogP contribution in [0.25, 0.3) is 0 Å². The second-order valence-electron chi connectivity index (χ2n) is 7.61. The smallest absolute Gasteiger partial charge is 0.229 e. The third-order valence-corrected chi connectivity index (χ3v) is 5.94. The second-order valence-corrected chi connectivity index (χ2v) is 9.77. The van der Waals surface area contributed by atoms with Gasteiger partial charge in [-0.2, -0.15) is 4.98 Å². The molecule has 0 aliphatic carbocycles. The highest BCUT2D eigenvalue weighted by atomic mass is 32.2. The molecule has 172 valence electrons. The number of nitrogens with zero attached hydrogens (tertiary/aromatic N) is 2. The van der Waals surface area contributed by atoms with E-state index in [1.165, 1.54) is 6.26 Å². The molecule has 0 fully saturated rings. The van der Waals surface area contributed by atoms with Crippen molar-refractivity contribution in [2.45, 2.75) is 24.8 Å². The number of nitrogens with one attached hydrogen (secondary N) is 3. The van der Waals surface area contributed by atoms with E-state index in [9.17, 15) is 9.32 Å². The predicted octanol–water partition coefficient (Wildman–Crippen LogP) is 3.77. The molecule has 33 heavy (non-hydrogen) atoms. The zero-order valence-corrected chi connectivity index (χ0v) is 19.8. The van der Waals surface area contributed by atoms with Crippen molar-refractivity contribution in [1.82, 2.24) is 9.97 Å². The second kappa shape index (κ2) is 10.3. The van der Waals surface area contributed by atoms with Crippen molar-refractivity contribution in [3.8, 4) is 17.6 Å². The van der Waals surface area contributed by atoms with Gasteiger partial charge in [-0.1, -0.05) is 11.8 Å². The Morgan fingerprint density at radius 1 is 1.18 bits per heavy atom. The third kappa shape index (κ3) is 6.44. The molecule has 2 aromatic carbocycles. The molecule has 0 bridgehead atoms. The van der Waals surface area contributed by atoms with E-state index in [2.05, 4.69) is 32.4 Å². The molecule has 4 N–H and O–H groups in total. The maximum Gasteiger partial charge on any atom is 0.229 e. The molecule has 0 amide bonds. The molecule has 8 nitrogen and oxygen atoms in total. The third-order valence-electron chi connectivity index (χ3n) is 4.77. The normalized spacial score (nSPS) is 13.2. The van der Waals surface area contributed by atoms with Crippen LogP contribution in [0.1, 0.15) is 23.6 Å². The summed E-state index contributed by atoms with van der Waals surface area (Å²) in [5, 5.41) is 15.7. The van der Waals surface area contributed by atoms with Crippen molar-refractivity contribution in [3.63, 3.8) is 0 Å². The van der Waals surface area contributed by atoms with Gasteiger partial charge in [-0.3, -0.25) is 0 Å². The molecule has 2 atom stereocenters. The van der Waals surface area contributed by atoms with Gasteiger partial charge >= 0.3 is 0 Å². The molecule has 0 radical (unpaired) electrons. The summed E-state index contributed by atoms with van der Waals surface area (Å²) in [4.78, 5) is 9.34. The number of hydrogen-bond acceptors (Lipinski definition) is 8. The van der Waals surface area contributed by atoms with Crippen LogP contribution in [0.15, 0.2) is 53.6 Å². The van der Waals surface area contributed by atoms with Gasteiger partial charge in [-0.05, 0) is 61.9 Å². The minimum atomic E-state index is -2.77. The fraction of sp³-hybridized carbons (Fsp3) is 0.250. The number of rotatable bonds is 7. The first-order valence-corrected chi connectivity index (χ1v) is 12.2. The number of anilines is 3. The molecule has 0 saturated carbocycles. The Kier molecular flexibility index (Phi) is 7.53. The highest BCUT2D eigenvalue weighted by Crippen LogP contribution is 2.21. The van der Waals surface area contributed by atoms with Crippen LogP contribution in [0.5, 0.6) is 5.75 Å². The van der Waals surface area contributed by atoms with Crippen molar-refractivity contribution >= 4 is 27.2 Å². The quantitative estimate of drug-likeness (QED) is 0.392. The topological polar surface area (TPSA) is 120 Å². The van der Waals surface area contributed by atoms with E-state index < -0.39 is 9.73 Å². The lowest BCUT2D eigenvalue weighted by molar-refractivity contribution is 0.281. The monoisotopic (exact) mass is 465 g/mol. The number of aliphatic hydroxyl groups excluding tert-OH is 1. The summed E-state index contributed by atoms with van der Waals surface area (Å²) < 4.78 is 24.8. The summed E-state index contributed by atoms with van der Waals surface area (Å²) >= 11 is 0. The van der Waals surface area contributed by atoms with Crippen LogP contribution in [0.2, 0.25) is 0 Å². The highest BCUT2D eigenvalue weighted by Gasteiger charge is 2.10. The lowest BCUT2D eigenvalue weighted by Crippen LogP contribution is -2.21. The van der Waals surface area contributed by atoms with E-state index in [0.29, 0.717) is 27.9 Å². The van der Waals surface area contributed by atoms with Crippen LogP contribution in [-0.4, -0.2) is 45.3 Å². The minimum absolute atomic E-state index is 0.0674. The molecule has 0 aliphatic heterocycles. The lowest BCUT2D eigenvalue weighted by atomic mass is 10.1. The number of hydrogen-bond donors (Lipinski definition) is 4. The van der Waals surface area contributed by atoms with Gasteiger partial charge in [-0.15, -0.1) is 0 Å². The molecule has 1 heterocycles. The SMILES string of the molecule is COc1ccc(C#Cc2cnc(Nc3ccc(S(C)(=N)=O)cc3)nc2N[C@H](C)CO)c(C)c1. The number of methoxy groups -OCH3 is 1. The number of benzene rings is 2. The van der Waals surface area contributed by atoms with Gasteiger partial charge in [0.25, 0.3) is 0 Å². The van der Waals surface area contributed by atoms with Crippen LogP contribution < -0.4 is 15.4 Å². The van der Waals surface area contributed by atoms with E-state index in [4.69, 9.17) is 9.52 Å². The van der Waals surface area contributed by atoms with Gasteiger partial charge in [0.2, 0.25) is 5.95 Å². The average Bonchev–Trinajstić information content (AvgIpc) is 2.79. The van der Waals surface area contributed by atoms with Crippen molar-refractivity contribution in [2.75, 3.05) is 30.6 Å². The fourth-order valence-corrected chi connectivity index (χ4v) is 3.54. The van der Waals surface area contributed by atoms with Gasteiger partial charge < -0.3 is 20.5 Å². The first-order chi connectivity index (χ1) is 15.7. The Bertz CT molecular complexity index is 1300. The summed E-state index contributed by atoms with van der Waals surface area (Å²) in [6.45, 7) is 3.73. The summed E-state index contributed by atoms with van der Waals surface area (Å²) in [6, 6.07) is 12.2. The zero-order valence-electron chi connectivity index (χ0n) is 19.0. The highest BCUT2D eigenvalue weighted by molar-refractivity contribution is 7.91. The number of aromatic nitrogens is 2. The maximum absolute atomic E-state index is 11.9. The first-order valence-electron chi connectivity index (χ1n) is 10.2. The minimum Gasteiger partial charge on any atom is -0.497 e. The Labute approximate surface area is 194 Å². The molecular weight excluding hydrogens is 438 g/mol. The van der Waals surface area contributed by atoms with Crippen molar-refractivity contribution in [3.05, 3.63) is 65.4 Å². The van der Waals surface area contributed by atoms with E-state index in [0.717, 1.165) is 16.9 Å². The Balaban J connectivity index is 1.90. The van der Waals surface area contributed by atoms with Crippen LogP contribution in [-0.2, 0) is 9.73 Å². The van der Waals surface area contributed by atoms with Crippen LogP contribution in [0, 0.1) is 23.5 Å². The summed E-state index contributed by atoms with van der Waals surface area (Å²) in [5.41, 5.74) is 3.13. The molecule has 0 saturated heterocycles. The lowest BCUT2D eigenvalue weighted by Gasteiger charge is -2.14. The summed E-state index contributed by atoms with van der Waals surface area (Å²) in [7, 11) is -1.15. The van der Waals surface area contributed by atoms with Gasteiger partial charge in [0.05, 0.1) is 35.2 Å². The molecule has 3 aromatic rings. The molecule has 0 aliphatic rings. The number of ether oxygens (including phenoxy) is 1. The predicted molar refractivity (Wildman–Crippen MR) is 131 cm³/mol. The van der Waals surface area contributed by atoms with Crippen LogP contribution >= 0.6 is 0 Å². The molecule has 9 heteroatoms. The Morgan fingerprint density at radius 2 is 1.88 bits per heavy atom. The molecular formula is C24H27N5O3S. The largest absolute Gasteiger partial charge is 0.497 e. The molecule has 1 aromatic heterocycles. The van der Waals surface area contributed by atoms with Gasteiger partial charge in [0, 0.05) is 28.4 Å². The number of aliphatic hydroxyl groups is 1. The average molecular weight is 466 g/mol. The van der Waals surface area contributed by atoms with Crippen molar-refractivity contribution < 1.29 is 14.1 Å². The Hall–Kier alpha value is -3.61. The van der Waals surface area contributed by atoms with Crippen LogP contribution in [0.4, 0.5) is 17.5 Å². The summed E-state index contributed by atoms with van der Waals surface area (Å²) in [5.74, 6) is 7.86. The first kappa shape index (κ1) is 24.0. The van der Waals surface area contributed by atoms with E-state index in [-0.39, 0.29) is 12.6 Å². The van der Waals surface area contributed by atoms with Crippen LogP contribution in [0.3, 0.4) is 0 Å². The molecule has 0 spiro atoms. The zero-order chi connectivity index (χ0) is 24.0. The fourth-order valence-electron chi connectivity index (χ4n) is 2.89. The van der Waals surface area contributed by atoms with Gasteiger partial charge in [0.15, 0.2) is 0 Å². The maximum atomic E-state index is 11.9. The van der Waals surface area contributed by atoms with Gasteiger partial charge in [-0.25, -0.2) is 14.0 Å².